The van der Waals surface area contributed by atoms with Gasteiger partial charge in [0.25, 0.3) is 5.22 Å². The Morgan fingerprint density at radius 2 is 1.96 bits per heavy atom. The van der Waals surface area contributed by atoms with E-state index in [-0.39, 0.29) is 5.91 Å². The van der Waals surface area contributed by atoms with E-state index >= 15 is 0 Å². The lowest BCUT2D eigenvalue weighted by molar-refractivity contribution is -0.128. The fourth-order valence-corrected chi connectivity index (χ4v) is 5.05. The Hall–Kier alpha value is -1.92. The quantitative estimate of drug-likeness (QED) is 0.614. The molecule has 1 amide bonds. The van der Waals surface area contributed by atoms with Crippen LogP contribution in [0.1, 0.15) is 17.2 Å². The number of hydrogen-bond donors (Lipinski definition) is 0. The van der Waals surface area contributed by atoms with Crippen LogP contribution in [-0.4, -0.2) is 40.4 Å². The summed E-state index contributed by atoms with van der Waals surface area (Å²) >= 11 is 3.32. The highest BCUT2D eigenvalue weighted by molar-refractivity contribution is 7.99. The molecule has 2 heterocycles. The summed E-state index contributed by atoms with van der Waals surface area (Å²) in [5, 5.41) is 1.03. The second-order valence-corrected chi connectivity index (χ2v) is 8.41. The Balaban J connectivity index is 1.33. The van der Waals surface area contributed by atoms with E-state index in [0.717, 1.165) is 36.4 Å². The third-order valence-corrected chi connectivity index (χ3v) is 6.60. The molecule has 4 nitrogen and oxygen atoms in total. The van der Waals surface area contributed by atoms with Crippen LogP contribution in [0.5, 0.6) is 0 Å². The molecule has 1 aliphatic heterocycles. The van der Waals surface area contributed by atoms with Crippen molar-refractivity contribution in [2.75, 3.05) is 24.6 Å². The first-order valence-electron chi connectivity index (χ1n) is 8.72. The number of rotatable bonds is 4. The lowest BCUT2D eigenvalue weighted by atomic mass is 10.1. The van der Waals surface area contributed by atoms with Gasteiger partial charge < -0.3 is 9.32 Å². The van der Waals surface area contributed by atoms with Gasteiger partial charge in [0.15, 0.2) is 5.58 Å². The van der Waals surface area contributed by atoms with Crippen LogP contribution in [-0.2, 0) is 4.79 Å². The zero-order valence-corrected chi connectivity index (χ0v) is 16.0. The summed E-state index contributed by atoms with van der Waals surface area (Å²) in [5.41, 5.74) is 2.95. The number of amides is 1. The summed E-state index contributed by atoms with van der Waals surface area (Å²) in [6, 6.07) is 18.2. The van der Waals surface area contributed by atoms with Crippen molar-refractivity contribution in [3.8, 4) is 0 Å². The Labute approximate surface area is 161 Å². The summed E-state index contributed by atoms with van der Waals surface area (Å²) in [5.74, 6) is 1.50. The van der Waals surface area contributed by atoms with Gasteiger partial charge in [-0.3, -0.25) is 4.79 Å². The molecule has 0 saturated carbocycles. The van der Waals surface area contributed by atoms with E-state index in [0.29, 0.717) is 16.2 Å². The van der Waals surface area contributed by atoms with Crippen LogP contribution in [0.3, 0.4) is 0 Å². The first-order chi connectivity index (χ1) is 12.8. The molecule has 0 bridgehead atoms. The predicted molar refractivity (Wildman–Crippen MR) is 108 cm³/mol. The average molecular weight is 385 g/mol. The van der Waals surface area contributed by atoms with Crippen molar-refractivity contribution in [1.82, 2.24) is 9.88 Å². The molecule has 1 aromatic heterocycles. The van der Waals surface area contributed by atoms with Gasteiger partial charge in [-0.2, -0.15) is 11.8 Å². The van der Waals surface area contributed by atoms with E-state index in [9.17, 15) is 4.79 Å². The molecule has 6 heteroatoms. The van der Waals surface area contributed by atoms with Gasteiger partial charge in [0.05, 0.1) is 5.75 Å². The minimum absolute atomic E-state index is 0.159. The smallest absolute Gasteiger partial charge is 0.257 e. The Bertz CT molecular complexity index is 849. The summed E-state index contributed by atoms with van der Waals surface area (Å²) < 4.78 is 5.68. The number of hydrogen-bond acceptors (Lipinski definition) is 5. The Kier molecular flexibility index (Phi) is 5.51. The van der Waals surface area contributed by atoms with Crippen molar-refractivity contribution >= 4 is 40.5 Å². The number of para-hydroxylation sites is 2. The van der Waals surface area contributed by atoms with Crippen LogP contribution in [0.4, 0.5) is 0 Å². The molecule has 26 heavy (non-hydrogen) atoms. The largest absolute Gasteiger partial charge is 0.431 e. The first-order valence-corrected chi connectivity index (χ1v) is 10.8. The molecule has 4 rings (SSSR count). The molecule has 2 aromatic carbocycles. The van der Waals surface area contributed by atoms with E-state index in [4.69, 9.17) is 4.42 Å². The number of oxazole rings is 1. The number of aromatic nitrogens is 1. The number of thioether (sulfide) groups is 2. The van der Waals surface area contributed by atoms with Gasteiger partial charge in [0.2, 0.25) is 5.91 Å². The normalized spacial score (nSPS) is 18.0. The lowest BCUT2D eigenvalue weighted by Gasteiger charge is -2.19. The minimum atomic E-state index is 0.159. The van der Waals surface area contributed by atoms with Crippen molar-refractivity contribution in [1.29, 1.82) is 0 Å². The summed E-state index contributed by atoms with van der Waals surface area (Å²) in [6.45, 7) is 1.61. The number of carbonyl (C=O) groups excluding carboxylic acids is 1. The molecule has 0 aliphatic carbocycles. The Morgan fingerprint density at radius 1 is 1.15 bits per heavy atom. The van der Waals surface area contributed by atoms with Crippen molar-refractivity contribution < 1.29 is 9.21 Å². The van der Waals surface area contributed by atoms with Gasteiger partial charge in [-0.05, 0) is 24.1 Å². The molecule has 1 unspecified atom stereocenters. The molecule has 1 aliphatic rings. The van der Waals surface area contributed by atoms with Crippen LogP contribution in [0.15, 0.2) is 64.2 Å². The highest BCUT2D eigenvalue weighted by atomic mass is 32.2. The van der Waals surface area contributed by atoms with Gasteiger partial charge in [-0.25, -0.2) is 4.98 Å². The molecular weight excluding hydrogens is 364 g/mol. The number of nitrogens with zero attached hydrogens (tertiary/aromatic N) is 2. The maximum absolute atomic E-state index is 12.6. The van der Waals surface area contributed by atoms with E-state index in [1.54, 1.807) is 0 Å². The van der Waals surface area contributed by atoms with Crippen LogP contribution >= 0.6 is 23.5 Å². The first kappa shape index (κ1) is 17.5. The molecule has 1 atom stereocenters. The van der Waals surface area contributed by atoms with Gasteiger partial charge in [-0.15, -0.1) is 0 Å². The van der Waals surface area contributed by atoms with Crippen molar-refractivity contribution in [3.05, 3.63) is 60.2 Å². The maximum atomic E-state index is 12.6. The van der Waals surface area contributed by atoms with Crippen molar-refractivity contribution in [3.63, 3.8) is 0 Å². The standard InChI is InChI=1S/C20H20N2O2S2/c23-19(14-26-20-21-16-8-4-5-9-17(16)24-20)22-11-10-18(25-13-12-22)15-6-2-1-3-7-15/h1-9,18H,10-14H2. The zero-order valence-electron chi connectivity index (χ0n) is 14.3. The molecular formula is C20H20N2O2S2. The lowest BCUT2D eigenvalue weighted by Crippen LogP contribution is -2.34. The van der Waals surface area contributed by atoms with Gasteiger partial charge in [0.1, 0.15) is 5.52 Å². The zero-order chi connectivity index (χ0) is 17.8. The molecule has 1 fully saturated rings. The summed E-state index contributed by atoms with van der Waals surface area (Å²) in [7, 11) is 0. The molecule has 0 radical (unpaired) electrons. The number of fused-ring (bicyclic) bond motifs is 1. The Morgan fingerprint density at radius 3 is 2.81 bits per heavy atom. The van der Waals surface area contributed by atoms with Crippen LogP contribution in [0.25, 0.3) is 11.1 Å². The summed E-state index contributed by atoms with van der Waals surface area (Å²) in [6.07, 6.45) is 0.994. The van der Waals surface area contributed by atoms with Gasteiger partial charge in [0, 0.05) is 24.1 Å². The van der Waals surface area contributed by atoms with E-state index in [2.05, 4.69) is 29.2 Å². The van der Waals surface area contributed by atoms with Crippen LogP contribution in [0.2, 0.25) is 0 Å². The number of carbonyl (C=O) groups is 1. The monoisotopic (exact) mass is 384 g/mol. The van der Waals surface area contributed by atoms with Gasteiger partial charge in [-0.1, -0.05) is 54.2 Å². The summed E-state index contributed by atoms with van der Waals surface area (Å²) in [4.78, 5) is 19.0. The molecule has 0 N–H and O–H groups in total. The third-order valence-electron chi connectivity index (χ3n) is 4.46. The fraction of sp³-hybridized carbons (Fsp3) is 0.300. The molecule has 134 valence electrons. The molecule has 3 aromatic rings. The van der Waals surface area contributed by atoms with Crippen molar-refractivity contribution in [2.24, 2.45) is 0 Å². The SMILES string of the molecule is O=C(CSc1nc2ccccc2o1)N1CCSC(c2ccccc2)CC1. The maximum Gasteiger partial charge on any atom is 0.257 e. The predicted octanol–water partition coefficient (Wildman–Crippen LogP) is 4.63. The van der Waals surface area contributed by atoms with E-state index in [1.165, 1.54) is 17.3 Å². The van der Waals surface area contributed by atoms with Crippen molar-refractivity contribution in [2.45, 2.75) is 16.9 Å². The topological polar surface area (TPSA) is 46.3 Å². The molecule has 0 spiro atoms. The third kappa shape index (κ3) is 4.07. The van der Waals surface area contributed by atoms with Gasteiger partial charge >= 0.3 is 0 Å². The average Bonchev–Trinajstić information content (AvgIpc) is 2.94. The highest BCUT2D eigenvalue weighted by Gasteiger charge is 2.22. The highest BCUT2D eigenvalue weighted by Crippen LogP contribution is 2.34. The minimum Gasteiger partial charge on any atom is -0.431 e. The number of benzene rings is 2. The second-order valence-electron chi connectivity index (χ2n) is 6.18. The van der Waals surface area contributed by atoms with E-state index < -0.39 is 0 Å². The van der Waals surface area contributed by atoms with Crippen LogP contribution < -0.4 is 0 Å². The van der Waals surface area contributed by atoms with Crippen LogP contribution in [0, 0.1) is 0 Å². The second kappa shape index (κ2) is 8.18. The fourth-order valence-electron chi connectivity index (χ4n) is 3.08. The molecule has 1 saturated heterocycles. The van der Waals surface area contributed by atoms with E-state index in [1.807, 2.05) is 47.0 Å².